The van der Waals surface area contributed by atoms with E-state index < -0.39 is 0 Å². The fourth-order valence-corrected chi connectivity index (χ4v) is 3.89. The van der Waals surface area contributed by atoms with E-state index in [0.717, 1.165) is 10.9 Å². The topological polar surface area (TPSA) is 39.9 Å². The van der Waals surface area contributed by atoms with Gasteiger partial charge in [0.05, 0.1) is 5.02 Å². The summed E-state index contributed by atoms with van der Waals surface area (Å²) in [5.74, 6) is 2.04. The second-order valence-corrected chi connectivity index (χ2v) is 8.14. The van der Waals surface area contributed by atoms with Gasteiger partial charge in [0, 0.05) is 23.4 Å². The zero-order chi connectivity index (χ0) is 20.1. The van der Waals surface area contributed by atoms with Gasteiger partial charge in [-0.05, 0) is 31.5 Å². The summed E-state index contributed by atoms with van der Waals surface area (Å²) in [7, 11) is 0. The van der Waals surface area contributed by atoms with Gasteiger partial charge in [-0.3, -0.25) is 4.57 Å². The van der Waals surface area contributed by atoms with E-state index in [1.807, 2.05) is 17.6 Å². The third-order valence-corrected chi connectivity index (χ3v) is 5.69. The molecule has 28 heavy (non-hydrogen) atoms. The number of ether oxygens (including phenoxy) is 1. The van der Waals surface area contributed by atoms with Crippen LogP contribution in [-0.2, 0) is 12.3 Å². The van der Waals surface area contributed by atoms with Crippen LogP contribution in [0, 0.1) is 6.92 Å². The smallest absolute Gasteiger partial charge is 0.191 e. The van der Waals surface area contributed by atoms with E-state index in [1.54, 1.807) is 30.0 Å². The van der Waals surface area contributed by atoms with Crippen LogP contribution in [0.15, 0.2) is 60.3 Å². The molecule has 0 bridgehead atoms. The summed E-state index contributed by atoms with van der Waals surface area (Å²) in [4.78, 5) is 0. The molecule has 4 nitrogen and oxygen atoms in total. The van der Waals surface area contributed by atoms with E-state index in [1.165, 1.54) is 11.1 Å². The van der Waals surface area contributed by atoms with Crippen molar-refractivity contribution in [1.29, 1.82) is 0 Å². The highest BCUT2D eigenvalue weighted by atomic mass is 35.5. The van der Waals surface area contributed by atoms with Gasteiger partial charge in [0.2, 0.25) is 0 Å². The van der Waals surface area contributed by atoms with E-state index in [4.69, 9.17) is 27.9 Å². The van der Waals surface area contributed by atoms with Crippen LogP contribution in [0.25, 0.3) is 0 Å². The third-order valence-electron chi connectivity index (χ3n) is 4.11. The first kappa shape index (κ1) is 20.8. The van der Waals surface area contributed by atoms with E-state index in [0.29, 0.717) is 28.2 Å². The number of hydrogen-bond acceptors (Lipinski definition) is 4. The molecule has 3 rings (SSSR count). The zero-order valence-electron chi connectivity index (χ0n) is 15.7. The van der Waals surface area contributed by atoms with Crippen LogP contribution in [0.1, 0.15) is 30.0 Å². The molecule has 1 aromatic heterocycles. The molecule has 0 amide bonds. The average Bonchev–Trinajstić information content (AvgIpc) is 3.07. The van der Waals surface area contributed by atoms with Crippen LogP contribution in [0.5, 0.6) is 5.75 Å². The molecule has 0 aliphatic heterocycles. The number of rotatable bonds is 8. The Morgan fingerprint density at radius 2 is 1.93 bits per heavy atom. The van der Waals surface area contributed by atoms with Gasteiger partial charge in [-0.25, -0.2) is 0 Å². The van der Waals surface area contributed by atoms with Gasteiger partial charge in [0.1, 0.15) is 5.75 Å². The van der Waals surface area contributed by atoms with E-state index in [2.05, 4.69) is 48.0 Å². The second kappa shape index (κ2) is 9.50. The minimum Gasteiger partial charge on any atom is -0.481 e. The van der Waals surface area contributed by atoms with E-state index >= 15 is 0 Å². The molecule has 1 atom stereocenters. The number of aryl methyl sites for hydroxylation is 1. The minimum absolute atomic E-state index is 0.350. The highest BCUT2D eigenvalue weighted by molar-refractivity contribution is 7.98. The zero-order valence-corrected chi connectivity index (χ0v) is 18.1. The highest BCUT2D eigenvalue weighted by Gasteiger charge is 2.20. The third kappa shape index (κ3) is 5.10. The fraction of sp³-hybridized carbons (Fsp3) is 0.238. The van der Waals surface area contributed by atoms with Crippen LogP contribution in [0.3, 0.4) is 0 Å². The van der Waals surface area contributed by atoms with E-state index in [-0.39, 0.29) is 6.10 Å². The van der Waals surface area contributed by atoms with Crippen LogP contribution in [0.2, 0.25) is 10.0 Å². The standard InChI is InChI=1S/C21H21Cl2N3OS/c1-4-11-26-20(15(3)27-19-12-17(22)9-10-18(19)23)24-25-21(26)28-13-16-7-5-14(2)6-8-16/h4-10,12,15H,1,11,13H2,2-3H3. The molecule has 0 saturated heterocycles. The summed E-state index contributed by atoms with van der Waals surface area (Å²) in [5.41, 5.74) is 2.48. The van der Waals surface area contributed by atoms with Crippen LogP contribution in [-0.4, -0.2) is 14.8 Å². The summed E-state index contributed by atoms with van der Waals surface area (Å²) < 4.78 is 8.01. The van der Waals surface area contributed by atoms with Crippen LogP contribution < -0.4 is 4.74 Å². The average molecular weight is 434 g/mol. The van der Waals surface area contributed by atoms with Crippen molar-refractivity contribution in [3.8, 4) is 5.75 Å². The van der Waals surface area contributed by atoms with Crippen molar-refractivity contribution < 1.29 is 4.74 Å². The maximum Gasteiger partial charge on any atom is 0.191 e. The number of benzene rings is 2. The van der Waals surface area contributed by atoms with Gasteiger partial charge in [0.25, 0.3) is 0 Å². The quantitative estimate of drug-likeness (QED) is 0.299. The lowest BCUT2D eigenvalue weighted by Gasteiger charge is -2.16. The van der Waals surface area contributed by atoms with Crippen molar-refractivity contribution in [3.05, 3.63) is 82.1 Å². The number of nitrogens with zero attached hydrogens (tertiary/aromatic N) is 3. The summed E-state index contributed by atoms with van der Waals surface area (Å²) >= 11 is 13.9. The Hall–Kier alpha value is -1.95. The largest absolute Gasteiger partial charge is 0.481 e. The molecule has 1 unspecified atom stereocenters. The maximum atomic E-state index is 6.22. The fourth-order valence-electron chi connectivity index (χ4n) is 2.65. The van der Waals surface area contributed by atoms with Crippen LogP contribution in [0.4, 0.5) is 0 Å². The SMILES string of the molecule is C=CCn1c(SCc2ccc(C)cc2)nnc1C(C)Oc1cc(Cl)ccc1Cl. The Kier molecular flexibility index (Phi) is 7.05. The van der Waals surface area contributed by atoms with Gasteiger partial charge >= 0.3 is 0 Å². The van der Waals surface area contributed by atoms with Crippen LogP contribution >= 0.6 is 35.0 Å². The molecule has 0 radical (unpaired) electrons. The molecule has 3 aromatic rings. The molecule has 146 valence electrons. The molecular weight excluding hydrogens is 413 g/mol. The van der Waals surface area contributed by atoms with Crippen molar-refractivity contribution in [3.63, 3.8) is 0 Å². The molecule has 0 N–H and O–H groups in total. The number of hydrogen-bond donors (Lipinski definition) is 0. The monoisotopic (exact) mass is 433 g/mol. The maximum absolute atomic E-state index is 6.22. The van der Waals surface area contributed by atoms with Crippen molar-refractivity contribution in [2.45, 2.75) is 37.4 Å². The molecule has 0 saturated carbocycles. The molecule has 7 heteroatoms. The van der Waals surface area contributed by atoms with Gasteiger partial charge in [-0.15, -0.1) is 16.8 Å². The molecular formula is C21H21Cl2N3OS. The number of allylic oxidation sites excluding steroid dienone is 1. The van der Waals surface area contributed by atoms with Gasteiger partial charge in [-0.2, -0.15) is 0 Å². The van der Waals surface area contributed by atoms with Gasteiger partial charge < -0.3 is 4.74 Å². The lowest BCUT2D eigenvalue weighted by atomic mass is 10.2. The second-order valence-electron chi connectivity index (χ2n) is 6.35. The Morgan fingerprint density at radius 3 is 2.64 bits per heavy atom. The number of halogens is 2. The molecule has 2 aromatic carbocycles. The number of thioether (sulfide) groups is 1. The normalized spacial score (nSPS) is 12.0. The summed E-state index contributed by atoms with van der Waals surface area (Å²) in [6.07, 6.45) is 1.47. The van der Waals surface area contributed by atoms with Crippen molar-refractivity contribution >= 4 is 35.0 Å². The lowest BCUT2D eigenvalue weighted by molar-refractivity contribution is 0.210. The first-order valence-corrected chi connectivity index (χ1v) is 10.6. The van der Waals surface area contributed by atoms with Crippen molar-refractivity contribution in [2.24, 2.45) is 0 Å². The van der Waals surface area contributed by atoms with Crippen molar-refractivity contribution in [2.75, 3.05) is 0 Å². The Balaban J connectivity index is 1.78. The minimum atomic E-state index is -0.350. The van der Waals surface area contributed by atoms with Gasteiger partial charge in [-0.1, -0.05) is 70.9 Å². The lowest BCUT2D eigenvalue weighted by Crippen LogP contribution is -2.12. The predicted molar refractivity (Wildman–Crippen MR) is 116 cm³/mol. The van der Waals surface area contributed by atoms with E-state index in [9.17, 15) is 0 Å². The molecule has 1 heterocycles. The van der Waals surface area contributed by atoms with Gasteiger partial charge in [0.15, 0.2) is 17.1 Å². The Bertz CT molecular complexity index is 957. The summed E-state index contributed by atoms with van der Waals surface area (Å²) in [5, 5.41) is 10.6. The molecule has 0 spiro atoms. The Labute approximate surface area is 179 Å². The molecule has 0 fully saturated rings. The summed E-state index contributed by atoms with van der Waals surface area (Å²) in [6.45, 7) is 8.44. The summed E-state index contributed by atoms with van der Waals surface area (Å²) in [6, 6.07) is 13.6. The predicted octanol–water partition coefficient (Wildman–Crippen LogP) is 6.51. The first-order chi connectivity index (χ1) is 13.5. The van der Waals surface area contributed by atoms with Crippen molar-refractivity contribution in [1.82, 2.24) is 14.8 Å². The first-order valence-electron chi connectivity index (χ1n) is 8.82. The number of aromatic nitrogens is 3. The Morgan fingerprint density at radius 1 is 1.18 bits per heavy atom. The highest BCUT2D eigenvalue weighted by Crippen LogP contribution is 2.32. The molecule has 0 aliphatic carbocycles. The molecule has 0 aliphatic rings.